The standard InChI is InChI=1S/C20H19ClN2O2S/c1-26(24,25)13-15-4-2-5-18-19(12-23-20(15)18)17(6-3-11-22)14-7-9-16(21)10-8-14/h2,4-5,7-10,12,17,23H,3,6,13H2,1H3. The number of aromatic nitrogens is 1. The van der Waals surface area contributed by atoms with Gasteiger partial charge in [-0.2, -0.15) is 5.26 Å². The van der Waals surface area contributed by atoms with Crippen molar-refractivity contribution < 1.29 is 8.42 Å². The summed E-state index contributed by atoms with van der Waals surface area (Å²) >= 11 is 6.01. The van der Waals surface area contributed by atoms with Crippen molar-refractivity contribution in [1.82, 2.24) is 4.98 Å². The van der Waals surface area contributed by atoms with E-state index in [4.69, 9.17) is 16.9 Å². The Morgan fingerprint density at radius 2 is 1.92 bits per heavy atom. The Hall–Kier alpha value is -2.29. The van der Waals surface area contributed by atoms with Crippen LogP contribution in [0.1, 0.15) is 35.4 Å². The van der Waals surface area contributed by atoms with Crippen LogP contribution in [0, 0.1) is 11.3 Å². The number of nitrogens with zero attached hydrogens (tertiary/aromatic N) is 1. The monoisotopic (exact) mass is 386 g/mol. The summed E-state index contributed by atoms with van der Waals surface area (Å²) in [6.45, 7) is 0. The highest BCUT2D eigenvalue weighted by Gasteiger charge is 2.19. The first-order valence-corrected chi connectivity index (χ1v) is 10.7. The van der Waals surface area contributed by atoms with Gasteiger partial charge in [-0.15, -0.1) is 0 Å². The summed E-state index contributed by atoms with van der Waals surface area (Å²) < 4.78 is 23.4. The van der Waals surface area contributed by atoms with Gasteiger partial charge < -0.3 is 4.98 Å². The van der Waals surface area contributed by atoms with E-state index < -0.39 is 9.84 Å². The summed E-state index contributed by atoms with van der Waals surface area (Å²) in [7, 11) is -3.13. The number of H-pyrrole nitrogens is 1. The Kier molecular flexibility index (Phi) is 5.36. The molecule has 0 spiro atoms. The molecule has 3 aromatic rings. The van der Waals surface area contributed by atoms with E-state index in [1.807, 2.05) is 48.7 Å². The average molecular weight is 387 g/mol. The maximum atomic E-state index is 11.7. The van der Waals surface area contributed by atoms with E-state index in [2.05, 4.69) is 11.1 Å². The second-order valence-corrected chi connectivity index (χ2v) is 9.03. The van der Waals surface area contributed by atoms with Crippen LogP contribution in [0.15, 0.2) is 48.7 Å². The first-order valence-electron chi connectivity index (χ1n) is 8.28. The molecule has 0 saturated heterocycles. The lowest BCUT2D eigenvalue weighted by Gasteiger charge is -2.16. The molecule has 0 amide bonds. The Bertz CT molecular complexity index is 1060. The molecule has 26 heavy (non-hydrogen) atoms. The molecular weight excluding hydrogens is 368 g/mol. The molecule has 1 atom stereocenters. The summed E-state index contributed by atoms with van der Waals surface area (Å²) in [5.74, 6) is 0.0304. The fourth-order valence-corrected chi connectivity index (χ4v) is 4.27. The average Bonchev–Trinajstić information content (AvgIpc) is 3.01. The lowest BCUT2D eigenvalue weighted by molar-refractivity contribution is 0.601. The van der Waals surface area contributed by atoms with Gasteiger partial charge in [0.15, 0.2) is 9.84 Å². The number of benzene rings is 2. The summed E-state index contributed by atoms with van der Waals surface area (Å²) in [6, 6.07) is 15.6. The molecule has 1 heterocycles. The van der Waals surface area contributed by atoms with Crippen molar-refractivity contribution in [1.29, 1.82) is 5.26 Å². The van der Waals surface area contributed by atoms with Crippen LogP contribution in [0.4, 0.5) is 0 Å². The van der Waals surface area contributed by atoms with Crippen LogP contribution in [0.25, 0.3) is 10.9 Å². The minimum Gasteiger partial charge on any atom is -0.361 e. The van der Waals surface area contributed by atoms with Crippen molar-refractivity contribution in [3.05, 3.63) is 70.4 Å². The topological polar surface area (TPSA) is 73.7 Å². The maximum Gasteiger partial charge on any atom is 0.151 e. The molecule has 0 saturated carbocycles. The third kappa shape index (κ3) is 4.09. The van der Waals surface area contributed by atoms with Gasteiger partial charge in [-0.3, -0.25) is 0 Å². The fourth-order valence-electron chi connectivity index (χ4n) is 3.34. The van der Waals surface area contributed by atoms with Crippen LogP contribution in [0.3, 0.4) is 0 Å². The molecule has 0 aliphatic heterocycles. The van der Waals surface area contributed by atoms with Crippen molar-refractivity contribution in [2.45, 2.75) is 24.5 Å². The van der Waals surface area contributed by atoms with Crippen LogP contribution < -0.4 is 0 Å². The van der Waals surface area contributed by atoms with Crippen molar-refractivity contribution in [3.63, 3.8) is 0 Å². The molecule has 6 heteroatoms. The van der Waals surface area contributed by atoms with Gasteiger partial charge in [0.2, 0.25) is 0 Å². The zero-order chi connectivity index (χ0) is 18.7. The molecule has 0 aliphatic rings. The number of rotatable bonds is 6. The number of para-hydroxylation sites is 1. The second kappa shape index (κ2) is 7.53. The van der Waals surface area contributed by atoms with Crippen LogP contribution in [0.5, 0.6) is 0 Å². The summed E-state index contributed by atoms with van der Waals surface area (Å²) in [4.78, 5) is 3.24. The molecule has 2 aromatic carbocycles. The molecule has 0 radical (unpaired) electrons. The second-order valence-electron chi connectivity index (χ2n) is 6.45. The number of nitrogens with one attached hydrogen (secondary N) is 1. The Balaban J connectivity index is 2.10. The first-order chi connectivity index (χ1) is 12.4. The smallest absolute Gasteiger partial charge is 0.151 e. The van der Waals surface area contributed by atoms with Gasteiger partial charge >= 0.3 is 0 Å². The first kappa shape index (κ1) is 18.5. The minimum absolute atomic E-state index is 0.00585. The molecule has 0 fully saturated rings. The van der Waals surface area contributed by atoms with E-state index in [1.165, 1.54) is 6.26 Å². The molecule has 4 nitrogen and oxygen atoms in total. The number of sulfone groups is 1. The third-order valence-corrected chi connectivity index (χ3v) is 5.53. The lowest BCUT2D eigenvalue weighted by Crippen LogP contribution is -2.02. The molecule has 0 aliphatic carbocycles. The van der Waals surface area contributed by atoms with E-state index in [-0.39, 0.29) is 11.7 Å². The van der Waals surface area contributed by atoms with Crippen molar-refractivity contribution in [2.24, 2.45) is 0 Å². The summed E-state index contributed by atoms with van der Waals surface area (Å²) in [5.41, 5.74) is 3.74. The molecule has 1 unspecified atom stereocenters. The van der Waals surface area contributed by atoms with E-state index in [9.17, 15) is 8.42 Å². The van der Waals surface area contributed by atoms with Crippen molar-refractivity contribution >= 4 is 32.3 Å². The summed E-state index contributed by atoms with van der Waals surface area (Å²) in [5, 5.41) is 10.7. The maximum absolute atomic E-state index is 11.7. The van der Waals surface area contributed by atoms with Gasteiger partial charge in [0.05, 0.1) is 11.8 Å². The van der Waals surface area contributed by atoms with Gasteiger partial charge in [0.25, 0.3) is 0 Å². The zero-order valence-electron chi connectivity index (χ0n) is 14.4. The van der Waals surface area contributed by atoms with Crippen LogP contribution in [-0.4, -0.2) is 19.7 Å². The van der Waals surface area contributed by atoms with E-state index in [0.29, 0.717) is 17.9 Å². The molecular formula is C20H19ClN2O2S. The Labute approximate surface area is 158 Å². The van der Waals surface area contributed by atoms with Crippen LogP contribution in [-0.2, 0) is 15.6 Å². The Morgan fingerprint density at radius 3 is 2.58 bits per heavy atom. The largest absolute Gasteiger partial charge is 0.361 e. The number of aromatic amines is 1. The van der Waals surface area contributed by atoms with Gasteiger partial charge in [0.1, 0.15) is 0 Å². The van der Waals surface area contributed by atoms with E-state index in [1.54, 1.807) is 0 Å². The molecule has 134 valence electrons. The highest BCUT2D eigenvalue weighted by atomic mass is 35.5. The predicted molar refractivity (Wildman–Crippen MR) is 105 cm³/mol. The van der Waals surface area contributed by atoms with E-state index in [0.717, 1.165) is 27.6 Å². The molecule has 0 bridgehead atoms. The van der Waals surface area contributed by atoms with Gasteiger partial charge in [0, 0.05) is 40.7 Å². The van der Waals surface area contributed by atoms with Crippen molar-refractivity contribution in [3.8, 4) is 6.07 Å². The predicted octanol–water partition coefficient (Wildman–Crippen LogP) is 4.80. The van der Waals surface area contributed by atoms with Crippen molar-refractivity contribution in [2.75, 3.05) is 6.26 Å². The summed E-state index contributed by atoms with van der Waals surface area (Å²) in [6.07, 6.45) is 4.27. The molecule has 1 aromatic heterocycles. The molecule has 3 rings (SSSR count). The number of halogens is 1. The third-order valence-electron chi connectivity index (χ3n) is 4.44. The number of hydrogen-bond acceptors (Lipinski definition) is 3. The quantitative estimate of drug-likeness (QED) is 0.661. The highest BCUT2D eigenvalue weighted by Crippen LogP contribution is 2.35. The highest BCUT2D eigenvalue weighted by molar-refractivity contribution is 7.89. The Morgan fingerprint density at radius 1 is 1.19 bits per heavy atom. The SMILES string of the molecule is CS(=O)(=O)Cc1cccc2c(C(CCC#N)c3ccc(Cl)cc3)c[nH]c12. The van der Waals surface area contributed by atoms with Gasteiger partial charge in [-0.1, -0.05) is 41.9 Å². The lowest BCUT2D eigenvalue weighted by atomic mass is 9.87. The normalized spacial score (nSPS) is 12.8. The molecule has 1 N–H and O–H groups in total. The van der Waals surface area contributed by atoms with Crippen LogP contribution in [0.2, 0.25) is 5.02 Å². The van der Waals surface area contributed by atoms with E-state index >= 15 is 0 Å². The number of fused-ring (bicyclic) bond motifs is 1. The fraction of sp³-hybridized carbons (Fsp3) is 0.250. The van der Waals surface area contributed by atoms with Gasteiger partial charge in [-0.25, -0.2) is 8.42 Å². The van der Waals surface area contributed by atoms with Crippen LogP contribution >= 0.6 is 11.6 Å². The minimum atomic E-state index is -3.13. The zero-order valence-corrected chi connectivity index (χ0v) is 15.9. The number of hydrogen-bond donors (Lipinski definition) is 1. The van der Waals surface area contributed by atoms with Gasteiger partial charge in [-0.05, 0) is 35.2 Å². The number of nitriles is 1.